The lowest BCUT2D eigenvalue weighted by Gasteiger charge is -2.18. The highest BCUT2D eigenvalue weighted by Crippen LogP contribution is 2.32. The van der Waals surface area contributed by atoms with Gasteiger partial charge in [0.2, 0.25) is 5.89 Å². The van der Waals surface area contributed by atoms with Crippen LogP contribution in [-0.4, -0.2) is 21.1 Å². The summed E-state index contributed by atoms with van der Waals surface area (Å²) >= 11 is 0. The summed E-state index contributed by atoms with van der Waals surface area (Å²) in [5.41, 5.74) is 5.25. The van der Waals surface area contributed by atoms with E-state index in [2.05, 4.69) is 63.6 Å². The normalized spacial score (nSPS) is 14.1. The first kappa shape index (κ1) is 16.9. The maximum atomic E-state index is 5.55. The molecule has 0 amide bonds. The molecular weight excluding hydrogens is 326 g/mol. The molecule has 0 fully saturated rings. The van der Waals surface area contributed by atoms with E-state index in [9.17, 15) is 0 Å². The summed E-state index contributed by atoms with van der Waals surface area (Å²) in [5.74, 6) is 1.23. The summed E-state index contributed by atoms with van der Waals surface area (Å²) in [6.45, 7) is 6.69. The Morgan fingerprint density at radius 3 is 2.23 bits per heavy atom. The first-order chi connectivity index (χ1) is 12.7. The minimum atomic E-state index is 0.149. The van der Waals surface area contributed by atoms with Crippen LogP contribution in [0, 0.1) is 0 Å². The van der Waals surface area contributed by atoms with E-state index in [1.165, 1.54) is 22.3 Å². The van der Waals surface area contributed by atoms with Crippen molar-refractivity contribution in [2.75, 3.05) is 0 Å². The average Bonchev–Trinajstić information content (AvgIpc) is 3.01. The number of rotatable bonds is 5. The molecule has 0 saturated carbocycles. The van der Waals surface area contributed by atoms with E-state index in [0.29, 0.717) is 24.9 Å². The monoisotopic (exact) mass is 349 g/mol. The highest BCUT2D eigenvalue weighted by Gasteiger charge is 2.20. The van der Waals surface area contributed by atoms with Crippen molar-refractivity contribution < 1.29 is 9.26 Å². The van der Waals surface area contributed by atoms with Gasteiger partial charge >= 0.3 is 0 Å². The van der Waals surface area contributed by atoms with Crippen LogP contribution in [0.5, 0.6) is 0 Å². The summed E-state index contributed by atoms with van der Waals surface area (Å²) in [6, 6.07) is 17.2. The van der Waals surface area contributed by atoms with E-state index in [0.717, 1.165) is 13.1 Å². The Labute approximate surface area is 153 Å². The fourth-order valence-corrected chi connectivity index (χ4v) is 3.34. The van der Waals surface area contributed by atoms with Crippen LogP contribution >= 0.6 is 0 Å². The third-order valence-electron chi connectivity index (χ3n) is 4.53. The van der Waals surface area contributed by atoms with Gasteiger partial charge in [-0.3, -0.25) is 4.90 Å². The molecule has 4 rings (SSSR count). The van der Waals surface area contributed by atoms with Gasteiger partial charge in [0, 0.05) is 13.1 Å². The van der Waals surface area contributed by atoms with Crippen LogP contribution in [-0.2, 0) is 31.0 Å². The van der Waals surface area contributed by atoms with E-state index < -0.39 is 0 Å². The van der Waals surface area contributed by atoms with E-state index in [1.54, 1.807) is 0 Å². The van der Waals surface area contributed by atoms with Gasteiger partial charge in [-0.05, 0) is 36.1 Å². The summed E-state index contributed by atoms with van der Waals surface area (Å²) in [6.07, 6.45) is 0.149. The predicted octanol–water partition coefficient (Wildman–Crippen LogP) is 4.18. The quantitative estimate of drug-likeness (QED) is 0.692. The zero-order valence-corrected chi connectivity index (χ0v) is 15.2. The molecule has 5 nitrogen and oxygen atoms in total. The molecule has 0 N–H and O–H groups in total. The third kappa shape index (κ3) is 3.69. The van der Waals surface area contributed by atoms with Crippen molar-refractivity contribution in [3.8, 4) is 11.1 Å². The molecule has 0 aliphatic carbocycles. The van der Waals surface area contributed by atoms with E-state index in [-0.39, 0.29) is 6.10 Å². The van der Waals surface area contributed by atoms with E-state index >= 15 is 0 Å². The molecule has 0 atom stereocenters. The number of nitrogens with zero attached hydrogens (tertiary/aromatic N) is 3. The van der Waals surface area contributed by atoms with Gasteiger partial charge in [0.1, 0.15) is 6.61 Å². The minimum Gasteiger partial charge on any atom is -0.371 e. The van der Waals surface area contributed by atoms with Crippen LogP contribution in [0.15, 0.2) is 53.1 Å². The van der Waals surface area contributed by atoms with Crippen LogP contribution in [0.2, 0.25) is 0 Å². The standard InChI is InChI=1S/C21H23N3O2/c1-15(2)25-14-20-22-21(26-23-20)13-24-11-16-7-3-5-9-18(16)19-10-6-4-8-17(19)12-24/h3-10,15H,11-14H2,1-2H3. The maximum Gasteiger partial charge on any atom is 0.240 e. The van der Waals surface area contributed by atoms with Crippen molar-refractivity contribution in [3.05, 3.63) is 71.4 Å². The van der Waals surface area contributed by atoms with Crippen molar-refractivity contribution in [3.63, 3.8) is 0 Å². The van der Waals surface area contributed by atoms with Crippen LogP contribution in [0.4, 0.5) is 0 Å². The highest BCUT2D eigenvalue weighted by molar-refractivity contribution is 5.71. The number of ether oxygens (including phenoxy) is 1. The van der Waals surface area contributed by atoms with Crippen LogP contribution < -0.4 is 0 Å². The first-order valence-corrected chi connectivity index (χ1v) is 9.00. The smallest absolute Gasteiger partial charge is 0.240 e. The van der Waals surface area contributed by atoms with Gasteiger partial charge in [-0.25, -0.2) is 0 Å². The van der Waals surface area contributed by atoms with Gasteiger partial charge in [-0.15, -0.1) is 0 Å². The van der Waals surface area contributed by atoms with Crippen LogP contribution in [0.25, 0.3) is 11.1 Å². The lowest BCUT2D eigenvalue weighted by molar-refractivity contribution is 0.0601. The van der Waals surface area contributed by atoms with Gasteiger partial charge in [-0.2, -0.15) is 4.98 Å². The van der Waals surface area contributed by atoms with Gasteiger partial charge < -0.3 is 9.26 Å². The Bertz CT molecular complexity index is 841. The molecule has 0 saturated heterocycles. The summed E-state index contributed by atoms with van der Waals surface area (Å²) < 4.78 is 11.0. The van der Waals surface area contributed by atoms with Gasteiger partial charge in [0.15, 0.2) is 5.82 Å². The van der Waals surface area contributed by atoms with Crippen LogP contribution in [0.1, 0.15) is 36.7 Å². The molecule has 134 valence electrons. The van der Waals surface area contributed by atoms with Crippen molar-refractivity contribution in [2.24, 2.45) is 0 Å². The number of fused-ring (bicyclic) bond motifs is 3. The Hall–Kier alpha value is -2.50. The Balaban J connectivity index is 1.55. The highest BCUT2D eigenvalue weighted by atomic mass is 16.5. The van der Waals surface area contributed by atoms with Crippen molar-refractivity contribution in [1.29, 1.82) is 0 Å². The molecule has 5 heteroatoms. The molecule has 1 aromatic heterocycles. The Morgan fingerprint density at radius 1 is 1.00 bits per heavy atom. The summed E-state index contributed by atoms with van der Waals surface area (Å²) in [5, 5.41) is 4.03. The zero-order valence-electron chi connectivity index (χ0n) is 15.2. The molecule has 1 aliphatic rings. The first-order valence-electron chi connectivity index (χ1n) is 9.00. The molecule has 2 heterocycles. The molecule has 0 bridgehead atoms. The van der Waals surface area contributed by atoms with Crippen LogP contribution in [0.3, 0.4) is 0 Å². The Kier molecular flexibility index (Phi) is 4.82. The summed E-state index contributed by atoms with van der Waals surface area (Å²) in [4.78, 5) is 6.81. The van der Waals surface area contributed by atoms with Crippen molar-refractivity contribution in [1.82, 2.24) is 15.0 Å². The van der Waals surface area contributed by atoms with Gasteiger partial charge in [-0.1, -0.05) is 53.7 Å². The molecule has 2 aromatic carbocycles. The fraction of sp³-hybridized carbons (Fsp3) is 0.333. The molecule has 0 spiro atoms. The lowest BCUT2D eigenvalue weighted by atomic mass is 9.97. The number of aromatic nitrogens is 2. The zero-order chi connectivity index (χ0) is 17.9. The largest absolute Gasteiger partial charge is 0.371 e. The summed E-state index contributed by atoms with van der Waals surface area (Å²) in [7, 11) is 0. The van der Waals surface area contributed by atoms with Gasteiger partial charge in [0.25, 0.3) is 0 Å². The molecule has 0 radical (unpaired) electrons. The third-order valence-corrected chi connectivity index (χ3v) is 4.53. The van der Waals surface area contributed by atoms with E-state index in [4.69, 9.17) is 9.26 Å². The number of benzene rings is 2. The van der Waals surface area contributed by atoms with Crippen molar-refractivity contribution in [2.45, 2.75) is 46.2 Å². The molecular formula is C21H23N3O2. The van der Waals surface area contributed by atoms with E-state index in [1.807, 2.05) is 13.8 Å². The molecule has 26 heavy (non-hydrogen) atoms. The van der Waals surface area contributed by atoms with Crippen molar-refractivity contribution >= 4 is 0 Å². The minimum absolute atomic E-state index is 0.149. The second-order valence-electron chi connectivity index (χ2n) is 6.92. The molecule has 1 aliphatic heterocycles. The molecule has 3 aromatic rings. The number of hydrogen-bond acceptors (Lipinski definition) is 5. The second kappa shape index (κ2) is 7.40. The SMILES string of the molecule is CC(C)OCc1noc(CN2Cc3ccccc3-c3ccccc3C2)n1. The second-order valence-corrected chi connectivity index (χ2v) is 6.92. The molecule has 0 unspecified atom stereocenters. The average molecular weight is 349 g/mol. The fourth-order valence-electron chi connectivity index (χ4n) is 3.34. The number of hydrogen-bond donors (Lipinski definition) is 0. The maximum absolute atomic E-state index is 5.55. The topological polar surface area (TPSA) is 51.4 Å². The lowest BCUT2D eigenvalue weighted by Crippen LogP contribution is -2.21. The Morgan fingerprint density at radius 2 is 1.62 bits per heavy atom. The van der Waals surface area contributed by atoms with Gasteiger partial charge in [0.05, 0.1) is 12.6 Å². The predicted molar refractivity (Wildman–Crippen MR) is 99.1 cm³/mol.